The first kappa shape index (κ1) is 12.8. The summed E-state index contributed by atoms with van der Waals surface area (Å²) in [6, 6.07) is -0.0499. The average molecular weight is 242 g/mol. The molecule has 1 saturated carbocycles. The SMILES string of the molecule is CCOC1CC(N)C1NC(=O)C1OCCC1C. The van der Waals surface area contributed by atoms with Gasteiger partial charge in [-0.05, 0) is 25.7 Å². The molecule has 5 atom stereocenters. The molecule has 0 aromatic heterocycles. The van der Waals surface area contributed by atoms with E-state index in [9.17, 15) is 4.79 Å². The standard InChI is InChI=1S/C12H22N2O3/c1-3-16-9-6-8(13)10(9)14-12(15)11-7(2)4-5-17-11/h7-11H,3-6,13H2,1-2H3,(H,14,15). The fourth-order valence-corrected chi connectivity index (χ4v) is 2.50. The molecule has 0 bridgehead atoms. The Balaban J connectivity index is 1.85. The molecule has 2 aliphatic rings. The third kappa shape index (κ3) is 2.61. The summed E-state index contributed by atoms with van der Waals surface area (Å²) in [5.41, 5.74) is 5.89. The van der Waals surface area contributed by atoms with Gasteiger partial charge in [0, 0.05) is 19.3 Å². The van der Waals surface area contributed by atoms with Gasteiger partial charge >= 0.3 is 0 Å². The molecule has 1 aliphatic carbocycles. The molecule has 17 heavy (non-hydrogen) atoms. The summed E-state index contributed by atoms with van der Waals surface area (Å²) in [4.78, 5) is 12.0. The number of carbonyl (C=O) groups excluding carboxylic acids is 1. The number of carbonyl (C=O) groups is 1. The van der Waals surface area contributed by atoms with Gasteiger partial charge in [-0.2, -0.15) is 0 Å². The monoisotopic (exact) mass is 242 g/mol. The fraction of sp³-hybridized carbons (Fsp3) is 0.917. The molecule has 0 radical (unpaired) electrons. The van der Waals surface area contributed by atoms with E-state index >= 15 is 0 Å². The Bertz CT molecular complexity index is 283. The molecule has 1 saturated heterocycles. The van der Waals surface area contributed by atoms with E-state index in [1.807, 2.05) is 13.8 Å². The van der Waals surface area contributed by atoms with Crippen LogP contribution in [0.2, 0.25) is 0 Å². The average Bonchev–Trinajstić information content (AvgIpc) is 2.72. The van der Waals surface area contributed by atoms with Crippen molar-refractivity contribution in [2.24, 2.45) is 11.7 Å². The van der Waals surface area contributed by atoms with Crippen LogP contribution in [0.5, 0.6) is 0 Å². The van der Waals surface area contributed by atoms with Crippen molar-refractivity contribution in [2.45, 2.75) is 51.0 Å². The highest BCUT2D eigenvalue weighted by Crippen LogP contribution is 2.25. The summed E-state index contributed by atoms with van der Waals surface area (Å²) in [5.74, 6) is 0.247. The first-order chi connectivity index (χ1) is 8.13. The quantitative estimate of drug-likeness (QED) is 0.729. The molecule has 1 aliphatic heterocycles. The smallest absolute Gasteiger partial charge is 0.249 e. The lowest BCUT2D eigenvalue weighted by Gasteiger charge is -2.42. The zero-order valence-corrected chi connectivity index (χ0v) is 10.5. The van der Waals surface area contributed by atoms with Crippen molar-refractivity contribution < 1.29 is 14.3 Å². The van der Waals surface area contributed by atoms with Crippen LogP contribution in [-0.4, -0.2) is 43.4 Å². The Hall–Kier alpha value is -0.650. The molecule has 5 heteroatoms. The van der Waals surface area contributed by atoms with Gasteiger partial charge < -0.3 is 20.5 Å². The molecule has 2 fully saturated rings. The Morgan fingerprint density at radius 1 is 1.59 bits per heavy atom. The number of nitrogens with one attached hydrogen (secondary N) is 1. The molecule has 3 N–H and O–H groups in total. The maximum absolute atomic E-state index is 12.0. The summed E-state index contributed by atoms with van der Waals surface area (Å²) in [5, 5.41) is 2.96. The predicted molar refractivity (Wildman–Crippen MR) is 63.5 cm³/mol. The second-order valence-corrected chi connectivity index (χ2v) is 4.99. The third-order valence-corrected chi connectivity index (χ3v) is 3.70. The van der Waals surface area contributed by atoms with Crippen LogP contribution in [0.3, 0.4) is 0 Å². The van der Waals surface area contributed by atoms with Crippen molar-refractivity contribution >= 4 is 5.91 Å². The minimum absolute atomic E-state index is 0.00668. The zero-order valence-electron chi connectivity index (χ0n) is 10.5. The lowest BCUT2D eigenvalue weighted by molar-refractivity contribution is -0.136. The van der Waals surface area contributed by atoms with E-state index in [-0.39, 0.29) is 36.1 Å². The zero-order chi connectivity index (χ0) is 12.4. The number of amides is 1. The maximum atomic E-state index is 12.0. The molecule has 0 aromatic rings. The van der Waals surface area contributed by atoms with Crippen LogP contribution in [0.25, 0.3) is 0 Å². The summed E-state index contributed by atoms with van der Waals surface area (Å²) in [6.07, 6.45) is 1.52. The largest absolute Gasteiger partial charge is 0.376 e. The highest BCUT2D eigenvalue weighted by molar-refractivity contribution is 5.81. The molecule has 98 valence electrons. The van der Waals surface area contributed by atoms with E-state index in [2.05, 4.69) is 5.32 Å². The van der Waals surface area contributed by atoms with E-state index < -0.39 is 0 Å². The predicted octanol–water partition coefficient (Wildman–Crippen LogP) is 0.0323. The summed E-state index contributed by atoms with van der Waals surface area (Å²) in [6.45, 7) is 5.31. The van der Waals surface area contributed by atoms with Crippen LogP contribution in [0, 0.1) is 5.92 Å². The third-order valence-electron chi connectivity index (χ3n) is 3.70. The van der Waals surface area contributed by atoms with E-state index in [0.717, 1.165) is 12.8 Å². The molecule has 1 heterocycles. The molecule has 5 nitrogen and oxygen atoms in total. The van der Waals surface area contributed by atoms with Crippen LogP contribution in [0.15, 0.2) is 0 Å². The van der Waals surface area contributed by atoms with Crippen LogP contribution < -0.4 is 11.1 Å². The first-order valence-electron chi connectivity index (χ1n) is 6.42. The number of nitrogens with two attached hydrogens (primary N) is 1. The highest BCUT2D eigenvalue weighted by Gasteiger charge is 2.42. The molecule has 0 aromatic carbocycles. The van der Waals surface area contributed by atoms with Crippen molar-refractivity contribution in [3.63, 3.8) is 0 Å². The van der Waals surface area contributed by atoms with Gasteiger partial charge in [-0.25, -0.2) is 0 Å². The van der Waals surface area contributed by atoms with Gasteiger partial charge in [0.25, 0.3) is 0 Å². The lowest BCUT2D eigenvalue weighted by Crippen LogP contribution is -2.66. The van der Waals surface area contributed by atoms with Crippen LogP contribution in [0.1, 0.15) is 26.7 Å². The van der Waals surface area contributed by atoms with Gasteiger partial charge in [-0.15, -0.1) is 0 Å². The van der Waals surface area contributed by atoms with Gasteiger partial charge in [0.2, 0.25) is 5.91 Å². The molecule has 2 rings (SSSR count). The summed E-state index contributed by atoms with van der Waals surface area (Å²) < 4.78 is 10.9. The second kappa shape index (κ2) is 5.33. The van der Waals surface area contributed by atoms with Crippen molar-refractivity contribution in [1.29, 1.82) is 0 Å². The number of hydrogen-bond donors (Lipinski definition) is 2. The first-order valence-corrected chi connectivity index (χ1v) is 6.42. The van der Waals surface area contributed by atoms with E-state index in [1.165, 1.54) is 0 Å². The topological polar surface area (TPSA) is 73.6 Å². The second-order valence-electron chi connectivity index (χ2n) is 4.99. The van der Waals surface area contributed by atoms with Crippen molar-refractivity contribution in [2.75, 3.05) is 13.2 Å². The normalized spacial score (nSPS) is 41.0. The van der Waals surface area contributed by atoms with Gasteiger partial charge in [0.05, 0.1) is 12.1 Å². The van der Waals surface area contributed by atoms with Crippen molar-refractivity contribution in [3.8, 4) is 0 Å². The van der Waals surface area contributed by atoms with E-state index in [0.29, 0.717) is 13.2 Å². The van der Waals surface area contributed by atoms with Gasteiger partial charge in [-0.1, -0.05) is 6.92 Å². The Labute approximate surface area is 102 Å². The van der Waals surface area contributed by atoms with Crippen LogP contribution in [-0.2, 0) is 14.3 Å². The minimum Gasteiger partial charge on any atom is -0.376 e. The van der Waals surface area contributed by atoms with Gasteiger partial charge in [0.15, 0.2) is 0 Å². The molecule has 0 spiro atoms. The van der Waals surface area contributed by atoms with Crippen LogP contribution >= 0.6 is 0 Å². The Morgan fingerprint density at radius 3 is 2.88 bits per heavy atom. The van der Waals surface area contributed by atoms with Gasteiger partial charge in [-0.3, -0.25) is 4.79 Å². The van der Waals surface area contributed by atoms with Crippen molar-refractivity contribution in [1.82, 2.24) is 5.32 Å². The number of ether oxygens (including phenoxy) is 2. The summed E-state index contributed by atoms with van der Waals surface area (Å²) >= 11 is 0. The van der Waals surface area contributed by atoms with Crippen molar-refractivity contribution in [3.05, 3.63) is 0 Å². The Morgan fingerprint density at radius 2 is 2.35 bits per heavy atom. The number of hydrogen-bond acceptors (Lipinski definition) is 4. The number of rotatable bonds is 4. The van der Waals surface area contributed by atoms with E-state index in [1.54, 1.807) is 0 Å². The Kier molecular flexibility index (Phi) is 4.01. The molecular weight excluding hydrogens is 220 g/mol. The van der Waals surface area contributed by atoms with Gasteiger partial charge in [0.1, 0.15) is 6.10 Å². The van der Waals surface area contributed by atoms with E-state index in [4.69, 9.17) is 15.2 Å². The molecule has 1 amide bonds. The lowest BCUT2D eigenvalue weighted by atomic mass is 9.83. The summed E-state index contributed by atoms with van der Waals surface area (Å²) in [7, 11) is 0. The van der Waals surface area contributed by atoms with Crippen LogP contribution in [0.4, 0.5) is 0 Å². The molecular formula is C12H22N2O3. The fourth-order valence-electron chi connectivity index (χ4n) is 2.50. The maximum Gasteiger partial charge on any atom is 0.249 e. The minimum atomic E-state index is -0.315. The molecule has 5 unspecified atom stereocenters. The highest BCUT2D eigenvalue weighted by atomic mass is 16.5.